The Balaban J connectivity index is 1.93. The van der Waals surface area contributed by atoms with Gasteiger partial charge < -0.3 is 15.4 Å². The van der Waals surface area contributed by atoms with Crippen molar-refractivity contribution in [2.45, 2.75) is 37.5 Å². The Kier molecular flexibility index (Phi) is 3.44. The Morgan fingerprint density at radius 3 is 2.75 bits per heavy atom. The third kappa shape index (κ3) is 2.29. The highest BCUT2D eigenvalue weighted by atomic mass is 16.5. The third-order valence-electron chi connectivity index (χ3n) is 4.19. The van der Waals surface area contributed by atoms with Crippen molar-refractivity contribution in [1.29, 1.82) is 0 Å². The number of phenols is 1. The molecular formula is C15H19N3O2. The first kappa shape index (κ1) is 13.1. The predicted octanol–water partition coefficient (Wildman–Crippen LogP) is 2.60. The van der Waals surface area contributed by atoms with Gasteiger partial charge >= 0.3 is 0 Å². The van der Waals surface area contributed by atoms with Crippen molar-refractivity contribution >= 4 is 0 Å². The van der Waals surface area contributed by atoms with Crippen LogP contribution in [0.3, 0.4) is 0 Å². The van der Waals surface area contributed by atoms with E-state index in [-0.39, 0.29) is 11.2 Å². The van der Waals surface area contributed by atoms with E-state index in [1.54, 1.807) is 18.2 Å². The van der Waals surface area contributed by atoms with Crippen LogP contribution < -0.4 is 5.73 Å². The van der Waals surface area contributed by atoms with Crippen LogP contribution in [0.4, 0.5) is 0 Å². The fourth-order valence-electron chi connectivity index (χ4n) is 2.93. The van der Waals surface area contributed by atoms with Crippen LogP contribution in [0, 0.1) is 0 Å². The largest absolute Gasteiger partial charge is 0.508 e. The van der Waals surface area contributed by atoms with Crippen molar-refractivity contribution in [3.8, 4) is 17.1 Å². The van der Waals surface area contributed by atoms with Gasteiger partial charge in [-0.05, 0) is 25.0 Å². The van der Waals surface area contributed by atoms with E-state index in [4.69, 9.17) is 10.3 Å². The molecular weight excluding hydrogens is 254 g/mol. The van der Waals surface area contributed by atoms with Gasteiger partial charge in [0.1, 0.15) is 5.75 Å². The molecule has 5 nitrogen and oxygen atoms in total. The average Bonchev–Trinajstić information content (AvgIpc) is 2.98. The summed E-state index contributed by atoms with van der Waals surface area (Å²) in [6.45, 7) is 0.536. The van der Waals surface area contributed by atoms with Gasteiger partial charge in [-0.3, -0.25) is 0 Å². The maximum absolute atomic E-state index is 9.52. The van der Waals surface area contributed by atoms with E-state index in [1.165, 1.54) is 6.42 Å². The molecule has 1 aromatic carbocycles. The van der Waals surface area contributed by atoms with Crippen LogP contribution in [-0.2, 0) is 5.41 Å². The molecule has 0 amide bonds. The minimum Gasteiger partial charge on any atom is -0.508 e. The van der Waals surface area contributed by atoms with Crippen LogP contribution in [0.15, 0.2) is 28.8 Å². The fourth-order valence-corrected chi connectivity index (χ4v) is 2.93. The smallest absolute Gasteiger partial charge is 0.234 e. The first-order valence-corrected chi connectivity index (χ1v) is 7.07. The summed E-state index contributed by atoms with van der Waals surface area (Å²) in [6.07, 6.45) is 5.56. The Bertz CT molecular complexity index is 588. The molecule has 0 radical (unpaired) electrons. The van der Waals surface area contributed by atoms with Gasteiger partial charge in [-0.25, -0.2) is 0 Å². The molecule has 0 unspecified atom stereocenters. The first-order valence-electron chi connectivity index (χ1n) is 7.07. The molecule has 0 saturated heterocycles. The minimum atomic E-state index is -0.166. The van der Waals surface area contributed by atoms with E-state index in [0.29, 0.717) is 18.3 Å². The van der Waals surface area contributed by atoms with E-state index in [1.807, 2.05) is 6.07 Å². The van der Waals surface area contributed by atoms with E-state index >= 15 is 0 Å². The molecule has 1 aliphatic rings. The lowest BCUT2D eigenvalue weighted by Crippen LogP contribution is -2.37. The molecule has 1 saturated carbocycles. The maximum atomic E-state index is 9.52. The summed E-state index contributed by atoms with van der Waals surface area (Å²) < 4.78 is 5.47. The van der Waals surface area contributed by atoms with E-state index in [0.717, 1.165) is 31.2 Å². The van der Waals surface area contributed by atoms with Crippen LogP contribution in [-0.4, -0.2) is 21.8 Å². The van der Waals surface area contributed by atoms with Crippen LogP contribution in [0.2, 0.25) is 0 Å². The summed E-state index contributed by atoms with van der Waals surface area (Å²) in [6, 6.07) is 6.86. The van der Waals surface area contributed by atoms with Crippen molar-refractivity contribution < 1.29 is 9.63 Å². The van der Waals surface area contributed by atoms with Gasteiger partial charge in [-0.1, -0.05) is 36.6 Å². The fraction of sp³-hybridized carbons (Fsp3) is 0.467. The lowest BCUT2D eigenvalue weighted by molar-refractivity contribution is 0.220. The van der Waals surface area contributed by atoms with Crippen LogP contribution in [0.5, 0.6) is 5.75 Å². The second-order valence-electron chi connectivity index (χ2n) is 5.52. The van der Waals surface area contributed by atoms with Gasteiger partial charge in [0.2, 0.25) is 11.7 Å². The number of benzene rings is 1. The van der Waals surface area contributed by atoms with Gasteiger partial charge in [0.25, 0.3) is 0 Å². The average molecular weight is 273 g/mol. The number of hydrogen-bond donors (Lipinski definition) is 2. The number of aromatic nitrogens is 2. The number of aromatic hydroxyl groups is 1. The number of hydrogen-bond acceptors (Lipinski definition) is 5. The van der Waals surface area contributed by atoms with Crippen LogP contribution in [0.1, 0.15) is 38.0 Å². The zero-order valence-corrected chi connectivity index (χ0v) is 11.4. The number of nitrogens with two attached hydrogens (primary N) is 1. The van der Waals surface area contributed by atoms with Crippen molar-refractivity contribution in [3.63, 3.8) is 0 Å². The quantitative estimate of drug-likeness (QED) is 0.897. The normalized spacial score (nSPS) is 18.1. The Morgan fingerprint density at radius 2 is 2.05 bits per heavy atom. The van der Waals surface area contributed by atoms with E-state index in [2.05, 4.69) is 10.1 Å². The second kappa shape index (κ2) is 5.25. The SMILES string of the molecule is NCC1(c2nc(-c3cccc(O)c3)no2)CCCCC1. The summed E-state index contributed by atoms with van der Waals surface area (Å²) in [5, 5.41) is 13.6. The molecule has 1 fully saturated rings. The molecule has 3 N–H and O–H groups in total. The zero-order chi connectivity index (χ0) is 14.0. The molecule has 1 aromatic heterocycles. The van der Waals surface area contributed by atoms with E-state index in [9.17, 15) is 5.11 Å². The first-order chi connectivity index (χ1) is 9.73. The van der Waals surface area contributed by atoms with Crippen molar-refractivity contribution in [3.05, 3.63) is 30.2 Å². The molecule has 106 valence electrons. The minimum absolute atomic E-state index is 0.166. The third-order valence-corrected chi connectivity index (χ3v) is 4.19. The lowest BCUT2D eigenvalue weighted by Gasteiger charge is -2.32. The lowest BCUT2D eigenvalue weighted by atomic mass is 9.74. The van der Waals surface area contributed by atoms with Gasteiger partial charge in [-0.15, -0.1) is 0 Å². The summed E-state index contributed by atoms with van der Waals surface area (Å²) >= 11 is 0. The number of phenolic OH excluding ortho intramolecular Hbond substituents is 1. The monoisotopic (exact) mass is 273 g/mol. The summed E-state index contributed by atoms with van der Waals surface area (Å²) in [4.78, 5) is 4.52. The van der Waals surface area contributed by atoms with Gasteiger partial charge in [-0.2, -0.15) is 4.98 Å². The summed E-state index contributed by atoms with van der Waals surface area (Å²) in [5.74, 6) is 1.34. The summed E-state index contributed by atoms with van der Waals surface area (Å²) in [7, 11) is 0. The van der Waals surface area contributed by atoms with Crippen molar-refractivity contribution in [2.24, 2.45) is 5.73 Å². The molecule has 0 bridgehead atoms. The predicted molar refractivity (Wildman–Crippen MR) is 75.2 cm³/mol. The van der Waals surface area contributed by atoms with Crippen molar-refractivity contribution in [1.82, 2.24) is 10.1 Å². The molecule has 0 atom stereocenters. The molecule has 2 aromatic rings. The number of nitrogens with zero attached hydrogens (tertiary/aromatic N) is 2. The molecule has 5 heteroatoms. The van der Waals surface area contributed by atoms with Crippen LogP contribution in [0.25, 0.3) is 11.4 Å². The topological polar surface area (TPSA) is 85.2 Å². The Labute approximate surface area is 117 Å². The van der Waals surface area contributed by atoms with E-state index < -0.39 is 0 Å². The molecule has 1 aliphatic carbocycles. The maximum Gasteiger partial charge on any atom is 0.234 e. The van der Waals surface area contributed by atoms with Crippen LogP contribution >= 0.6 is 0 Å². The number of rotatable bonds is 3. The Hall–Kier alpha value is -1.88. The summed E-state index contributed by atoms with van der Waals surface area (Å²) in [5.41, 5.74) is 6.56. The van der Waals surface area contributed by atoms with Gasteiger partial charge in [0, 0.05) is 12.1 Å². The van der Waals surface area contributed by atoms with Crippen molar-refractivity contribution in [2.75, 3.05) is 6.54 Å². The highest BCUT2D eigenvalue weighted by Crippen LogP contribution is 2.38. The molecule has 20 heavy (non-hydrogen) atoms. The standard InChI is InChI=1S/C15H19N3O2/c16-10-15(7-2-1-3-8-15)14-17-13(18-20-14)11-5-4-6-12(19)9-11/h4-6,9,19H,1-3,7-8,10,16H2. The Morgan fingerprint density at radius 1 is 1.25 bits per heavy atom. The molecule has 0 aliphatic heterocycles. The van der Waals surface area contributed by atoms with Gasteiger partial charge in [0.05, 0.1) is 5.41 Å². The molecule has 0 spiro atoms. The van der Waals surface area contributed by atoms with Gasteiger partial charge in [0.15, 0.2) is 0 Å². The highest BCUT2D eigenvalue weighted by molar-refractivity contribution is 5.56. The molecule has 3 rings (SSSR count). The second-order valence-corrected chi connectivity index (χ2v) is 5.52. The molecule has 1 heterocycles. The zero-order valence-electron chi connectivity index (χ0n) is 11.4. The highest BCUT2D eigenvalue weighted by Gasteiger charge is 2.38.